The Kier molecular flexibility index (Phi) is 6.01. The number of nitrogens with one attached hydrogen (secondary N) is 1. The van der Waals surface area contributed by atoms with E-state index in [1.54, 1.807) is 5.32 Å². The Balaban J connectivity index is 2.61. The van der Waals surface area contributed by atoms with Crippen LogP contribution in [-0.2, 0) is 11.2 Å². The minimum absolute atomic E-state index is 0.00175. The highest BCUT2D eigenvalue weighted by molar-refractivity contribution is 7.14. The standard InChI is InChI=1S/C12H14F3NO4S/c1-2-3-7-4-8(10(21-7)11(18)19)20-5-9(17)16-6-12(13,14)15/h4H,2-3,5-6H2,1H3,(H,16,17)(H,18,19). The maximum atomic E-state index is 11.9. The number of aryl methyl sites for hydroxylation is 1. The van der Waals surface area contributed by atoms with Crippen molar-refractivity contribution in [3.8, 4) is 5.75 Å². The summed E-state index contributed by atoms with van der Waals surface area (Å²) in [6.07, 6.45) is -3.03. The Hall–Kier alpha value is -1.77. The predicted octanol–water partition coefficient (Wildman–Crippen LogP) is 2.46. The Morgan fingerprint density at radius 2 is 2.10 bits per heavy atom. The number of aromatic carboxylic acids is 1. The molecule has 2 N–H and O–H groups in total. The Bertz CT molecular complexity index is 513. The van der Waals surface area contributed by atoms with E-state index in [0.29, 0.717) is 6.42 Å². The number of amides is 1. The third-order valence-electron chi connectivity index (χ3n) is 2.28. The minimum Gasteiger partial charge on any atom is -0.482 e. The molecule has 21 heavy (non-hydrogen) atoms. The first-order valence-electron chi connectivity index (χ1n) is 6.05. The van der Waals surface area contributed by atoms with Gasteiger partial charge in [0.05, 0.1) is 0 Å². The smallest absolute Gasteiger partial charge is 0.405 e. The van der Waals surface area contributed by atoms with Crippen molar-refractivity contribution in [2.24, 2.45) is 0 Å². The molecule has 1 rings (SSSR count). The molecule has 1 aromatic heterocycles. The van der Waals surface area contributed by atoms with Crippen molar-refractivity contribution in [3.63, 3.8) is 0 Å². The summed E-state index contributed by atoms with van der Waals surface area (Å²) in [4.78, 5) is 22.9. The third kappa shape index (κ3) is 6.03. The summed E-state index contributed by atoms with van der Waals surface area (Å²) in [5.74, 6) is -2.17. The van der Waals surface area contributed by atoms with Crippen LogP contribution in [-0.4, -0.2) is 36.3 Å². The SMILES string of the molecule is CCCc1cc(OCC(=O)NCC(F)(F)F)c(C(=O)O)s1. The van der Waals surface area contributed by atoms with Gasteiger partial charge >= 0.3 is 12.1 Å². The molecular weight excluding hydrogens is 311 g/mol. The van der Waals surface area contributed by atoms with Gasteiger partial charge in [-0.1, -0.05) is 13.3 Å². The van der Waals surface area contributed by atoms with E-state index in [1.165, 1.54) is 6.07 Å². The lowest BCUT2D eigenvalue weighted by Crippen LogP contribution is -2.36. The average Bonchev–Trinajstić information content (AvgIpc) is 2.77. The average molecular weight is 325 g/mol. The molecule has 0 bridgehead atoms. The van der Waals surface area contributed by atoms with Crippen molar-refractivity contribution in [1.29, 1.82) is 0 Å². The molecule has 0 aliphatic heterocycles. The van der Waals surface area contributed by atoms with Crippen molar-refractivity contribution < 1.29 is 32.6 Å². The van der Waals surface area contributed by atoms with Crippen LogP contribution in [0.2, 0.25) is 0 Å². The lowest BCUT2D eigenvalue weighted by Gasteiger charge is -2.09. The molecule has 0 aromatic carbocycles. The Labute approximate surface area is 122 Å². The fourth-order valence-corrected chi connectivity index (χ4v) is 2.48. The van der Waals surface area contributed by atoms with Gasteiger partial charge in [-0.05, 0) is 12.5 Å². The van der Waals surface area contributed by atoms with E-state index in [9.17, 15) is 22.8 Å². The molecule has 0 saturated carbocycles. The van der Waals surface area contributed by atoms with Gasteiger partial charge in [-0.2, -0.15) is 13.2 Å². The largest absolute Gasteiger partial charge is 0.482 e. The van der Waals surface area contributed by atoms with E-state index in [-0.39, 0.29) is 10.6 Å². The topological polar surface area (TPSA) is 75.6 Å². The summed E-state index contributed by atoms with van der Waals surface area (Å²) in [6, 6.07) is 1.49. The van der Waals surface area contributed by atoms with Gasteiger partial charge < -0.3 is 15.2 Å². The summed E-state index contributed by atoms with van der Waals surface area (Å²) in [6.45, 7) is -0.199. The van der Waals surface area contributed by atoms with Gasteiger partial charge in [0.25, 0.3) is 5.91 Å². The summed E-state index contributed by atoms with van der Waals surface area (Å²) < 4.78 is 40.7. The van der Waals surface area contributed by atoms with Gasteiger partial charge in [0.1, 0.15) is 12.3 Å². The molecule has 118 valence electrons. The van der Waals surface area contributed by atoms with Crippen LogP contribution < -0.4 is 10.1 Å². The number of carbonyl (C=O) groups excluding carboxylic acids is 1. The lowest BCUT2D eigenvalue weighted by atomic mass is 10.3. The van der Waals surface area contributed by atoms with E-state index < -0.39 is 31.2 Å². The zero-order valence-electron chi connectivity index (χ0n) is 11.1. The van der Waals surface area contributed by atoms with Crippen LogP contribution in [0.3, 0.4) is 0 Å². The number of hydrogen-bond acceptors (Lipinski definition) is 4. The molecule has 1 heterocycles. The molecule has 9 heteroatoms. The van der Waals surface area contributed by atoms with E-state index in [4.69, 9.17) is 9.84 Å². The third-order valence-corrected chi connectivity index (χ3v) is 3.45. The molecule has 5 nitrogen and oxygen atoms in total. The van der Waals surface area contributed by atoms with Gasteiger partial charge in [-0.15, -0.1) is 11.3 Å². The molecule has 0 unspecified atom stereocenters. The van der Waals surface area contributed by atoms with Gasteiger partial charge in [-0.3, -0.25) is 4.79 Å². The fourth-order valence-electron chi connectivity index (χ4n) is 1.44. The Morgan fingerprint density at radius 1 is 1.43 bits per heavy atom. The van der Waals surface area contributed by atoms with Crippen molar-refractivity contribution in [2.45, 2.75) is 25.9 Å². The lowest BCUT2D eigenvalue weighted by molar-refractivity contribution is -0.139. The first-order valence-corrected chi connectivity index (χ1v) is 6.87. The molecule has 0 atom stereocenters. The van der Waals surface area contributed by atoms with E-state index in [1.807, 2.05) is 6.92 Å². The van der Waals surface area contributed by atoms with Crippen LogP contribution in [0.1, 0.15) is 27.9 Å². The molecule has 1 amide bonds. The number of carbonyl (C=O) groups is 2. The second-order valence-corrected chi connectivity index (χ2v) is 5.28. The van der Waals surface area contributed by atoms with Gasteiger partial charge in [-0.25, -0.2) is 4.79 Å². The van der Waals surface area contributed by atoms with Crippen LogP contribution in [0, 0.1) is 0 Å². The molecular formula is C12H14F3NO4S. The maximum absolute atomic E-state index is 11.9. The van der Waals surface area contributed by atoms with Crippen LogP contribution >= 0.6 is 11.3 Å². The van der Waals surface area contributed by atoms with E-state index in [0.717, 1.165) is 22.6 Å². The number of ether oxygens (including phenoxy) is 1. The van der Waals surface area contributed by atoms with Gasteiger partial charge in [0.2, 0.25) is 0 Å². The predicted molar refractivity (Wildman–Crippen MR) is 69.8 cm³/mol. The van der Waals surface area contributed by atoms with Crippen LogP contribution in [0.5, 0.6) is 5.75 Å². The first-order chi connectivity index (χ1) is 9.73. The van der Waals surface area contributed by atoms with Crippen molar-refractivity contribution in [1.82, 2.24) is 5.32 Å². The maximum Gasteiger partial charge on any atom is 0.405 e. The quantitative estimate of drug-likeness (QED) is 0.807. The monoisotopic (exact) mass is 325 g/mol. The van der Waals surface area contributed by atoms with Crippen LogP contribution in [0.4, 0.5) is 13.2 Å². The van der Waals surface area contributed by atoms with Gasteiger partial charge in [0, 0.05) is 4.88 Å². The van der Waals surface area contributed by atoms with Crippen molar-refractivity contribution in [2.75, 3.05) is 13.2 Å². The van der Waals surface area contributed by atoms with Crippen molar-refractivity contribution >= 4 is 23.2 Å². The molecule has 0 radical (unpaired) electrons. The zero-order chi connectivity index (χ0) is 16.0. The summed E-state index contributed by atoms with van der Waals surface area (Å²) in [7, 11) is 0. The highest BCUT2D eigenvalue weighted by Gasteiger charge is 2.27. The molecule has 0 fully saturated rings. The molecule has 0 spiro atoms. The van der Waals surface area contributed by atoms with Gasteiger partial charge in [0.15, 0.2) is 11.5 Å². The molecule has 0 aliphatic carbocycles. The summed E-state index contributed by atoms with van der Waals surface area (Å²) in [5, 5.41) is 10.6. The number of carboxylic acid groups (broad SMARTS) is 1. The number of carboxylic acids is 1. The summed E-state index contributed by atoms with van der Waals surface area (Å²) in [5.41, 5.74) is 0. The molecule has 1 aromatic rings. The van der Waals surface area contributed by atoms with E-state index >= 15 is 0 Å². The number of rotatable bonds is 7. The highest BCUT2D eigenvalue weighted by atomic mass is 32.1. The second kappa shape index (κ2) is 7.30. The normalized spacial score (nSPS) is 11.2. The molecule has 0 saturated heterocycles. The number of hydrogen-bond donors (Lipinski definition) is 2. The Morgan fingerprint density at radius 3 is 2.62 bits per heavy atom. The van der Waals surface area contributed by atoms with Crippen LogP contribution in [0.25, 0.3) is 0 Å². The first kappa shape index (κ1) is 17.3. The fraction of sp³-hybridized carbons (Fsp3) is 0.500. The number of halogens is 3. The minimum atomic E-state index is -4.50. The molecule has 0 aliphatic rings. The second-order valence-electron chi connectivity index (χ2n) is 4.14. The highest BCUT2D eigenvalue weighted by Crippen LogP contribution is 2.30. The van der Waals surface area contributed by atoms with Crippen LogP contribution in [0.15, 0.2) is 6.07 Å². The zero-order valence-corrected chi connectivity index (χ0v) is 11.9. The number of alkyl halides is 3. The number of thiophene rings is 1. The summed E-state index contributed by atoms with van der Waals surface area (Å²) >= 11 is 1.03. The van der Waals surface area contributed by atoms with Crippen molar-refractivity contribution in [3.05, 3.63) is 15.8 Å². The van der Waals surface area contributed by atoms with E-state index in [2.05, 4.69) is 0 Å².